The number of fused-ring (bicyclic) bond motifs is 1. The van der Waals surface area contributed by atoms with Gasteiger partial charge in [-0.05, 0) is 36.5 Å². The van der Waals surface area contributed by atoms with Gasteiger partial charge in [-0.25, -0.2) is 0 Å². The molecular formula is C15H17BrN2O2. The standard InChI is InChI=1S/C15H17BrN2O2/c16-13-3-1-2-11-9-18(7-6-12(11)13)14(19)8-17-15(20)10-4-5-10/h1-3,10H,4-9H2,(H,17,20). The average Bonchev–Trinajstić information content (AvgIpc) is 3.29. The maximum absolute atomic E-state index is 12.1. The van der Waals surface area contributed by atoms with Crippen LogP contribution in [0.2, 0.25) is 0 Å². The van der Waals surface area contributed by atoms with Crippen LogP contribution < -0.4 is 5.32 Å². The molecule has 1 aliphatic carbocycles. The van der Waals surface area contributed by atoms with Crippen molar-refractivity contribution >= 4 is 27.7 Å². The number of carbonyl (C=O) groups is 2. The predicted octanol–water partition coefficient (Wildman–Crippen LogP) is 1.86. The van der Waals surface area contributed by atoms with Crippen LogP contribution in [0.1, 0.15) is 24.0 Å². The van der Waals surface area contributed by atoms with Crippen molar-refractivity contribution in [2.75, 3.05) is 13.1 Å². The number of nitrogens with one attached hydrogen (secondary N) is 1. The fourth-order valence-electron chi connectivity index (χ4n) is 2.54. The SMILES string of the molecule is O=C(NCC(=O)N1CCc2c(Br)cccc2C1)C1CC1. The van der Waals surface area contributed by atoms with Gasteiger partial charge in [0.25, 0.3) is 0 Å². The number of benzene rings is 1. The van der Waals surface area contributed by atoms with Gasteiger partial charge in [0.2, 0.25) is 11.8 Å². The third-order valence-electron chi connectivity index (χ3n) is 3.92. The highest BCUT2D eigenvalue weighted by Crippen LogP contribution is 2.29. The zero-order valence-corrected chi connectivity index (χ0v) is 12.8. The molecule has 1 aromatic carbocycles. The number of halogens is 1. The topological polar surface area (TPSA) is 49.4 Å². The lowest BCUT2D eigenvalue weighted by atomic mass is 10.00. The van der Waals surface area contributed by atoms with Gasteiger partial charge in [0, 0.05) is 23.5 Å². The van der Waals surface area contributed by atoms with Gasteiger partial charge in [-0.1, -0.05) is 28.1 Å². The Labute approximate surface area is 126 Å². The molecule has 20 heavy (non-hydrogen) atoms. The first-order valence-corrected chi connectivity index (χ1v) is 7.76. The second-order valence-corrected chi connectivity index (χ2v) is 6.29. The number of hydrogen-bond acceptors (Lipinski definition) is 2. The predicted molar refractivity (Wildman–Crippen MR) is 79.0 cm³/mol. The summed E-state index contributed by atoms with van der Waals surface area (Å²) < 4.78 is 1.11. The van der Waals surface area contributed by atoms with E-state index in [1.165, 1.54) is 11.1 Å². The summed E-state index contributed by atoms with van der Waals surface area (Å²) in [6.07, 6.45) is 2.79. The van der Waals surface area contributed by atoms with Gasteiger partial charge < -0.3 is 10.2 Å². The van der Waals surface area contributed by atoms with Crippen LogP contribution in [-0.4, -0.2) is 29.8 Å². The number of carbonyl (C=O) groups excluding carboxylic acids is 2. The summed E-state index contributed by atoms with van der Waals surface area (Å²) in [7, 11) is 0. The van der Waals surface area contributed by atoms with Gasteiger partial charge >= 0.3 is 0 Å². The molecule has 1 N–H and O–H groups in total. The Morgan fingerprint density at radius 1 is 1.35 bits per heavy atom. The molecule has 0 spiro atoms. The molecule has 4 nitrogen and oxygen atoms in total. The Morgan fingerprint density at radius 3 is 2.90 bits per heavy atom. The van der Waals surface area contributed by atoms with Crippen molar-refractivity contribution < 1.29 is 9.59 Å². The molecule has 1 aliphatic heterocycles. The van der Waals surface area contributed by atoms with E-state index in [2.05, 4.69) is 27.3 Å². The van der Waals surface area contributed by atoms with Gasteiger partial charge in [-0.15, -0.1) is 0 Å². The number of hydrogen-bond donors (Lipinski definition) is 1. The van der Waals surface area contributed by atoms with Crippen LogP contribution in [0.15, 0.2) is 22.7 Å². The van der Waals surface area contributed by atoms with Crippen molar-refractivity contribution in [1.29, 1.82) is 0 Å². The summed E-state index contributed by atoms with van der Waals surface area (Å²) in [6.45, 7) is 1.47. The van der Waals surface area contributed by atoms with E-state index in [9.17, 15) is 9.59 Å². The molecule has 3 rings (SSSR count). The van der Waals surface area contributed by atoms with Crippen molar-refractivity contribution in [3.8, 4) is 0 Å². The molecule has 106 valence electrons. The molecule has 2 aliphatic rings. The number of amides is 2. The van der Waals surface area contributed by atoms with Crippen LogP contribution in [0.4, 0.5) is 0 Å². The molecule has 0 aromatic heterocycles. The summed E-state index contributed by atoms with van der Waals surface area (Å²) in [5, 5.41) is 2.74. The first-order chi connectivity index (χ1) is 9.65. The molecule has 0 unspecified atom stereocenters. The Hall–Kier alpha value is -1.36. The van der Waals surface area contributed by atoms with Gasteiger partial charge in [-0.3, -0.25) is 9.59 Å². The molecule has 0 bridgehead atoms. The van der Waals surface area contributed by atoms with Gasteiger partial charge in [0.05, 0.1) is 6.54 Å². The smallest absolute Gasteiger partial charge is 0.242 e. The fraction of sp³-hybridized carbons (Fsp3) is 0.467. The second-order valence-electron chi connectivity index (χ2n) is 5.43. The van der Waals surface area contributed by atoms with Gasteiger partial charge in [0.15, 0.2) is 0 Å². The molecule has 0 atom stereocenters. The highest BCUT2D eigenvalue weighted by Gasteiger charge is 2.30. The van der Waals surface area contributed by atoms with Crippen LogP contribution in [0, 0.1) is 5.92 Å². The molecule has 1 heterocycles. The van der Waals surface area contributed by atoms with Crippen LogP contribution in [0.5, 0.6) is 0 Å². The zero-order chi connectivity index (χ0) is 14.1. The molecule has 0 saturated heterocycles. The first kappa shape index (κ1) is 13.6. The van der Waals surface area contributed by atoms with E-state index in [0.29, 0.717) is 13.1 Å². The Balaban J connectivity index is 1.58. The summed E-state index contributed by atoms with van der Waals surface area (Å²) in [6, 6.07) is 6.08. The minimum Gasteiger partial charge on any atom is -0.347 e. The van der Waals surface area contributed by atoms with Crippen molar-refractivity contribution in [3.05, 3.63) is 33.8 Å². The van der Waals surface area contributed by atoms with Gasteiger partial charge in [-0.2, -0.15) is 0 Å². The zero-order valence-electron chi connectivity index (χ0n) is 11.2. The fourth-order valence-corrected chi connectivity index (χ4v) is 3.15. The van der Waals surface area contributed by atoms with Crippen molar-refractivity contribution in [2.24, 2.45) is 5.92 Å². The summed E-state index contributed by atoms with van der Waals surface area (Å²) >= 11 is 3.55. The van der Waals surface area contributed by atoms with E-state index in [1.54, 1.807) is 0 Å². The lowest BCUT2D eigenvalue weighted by Crippen LogP contribution is -2.42. The quantitative estimate of drug-likeness (QED) is 0.915. The van der Waals surface area contributed by atoms with Crippen molar-refractivity contribution in [1.82, 2.24) is 10.2 Å². The minimum absolute atomic E-state index is 0.00428. The molecule has 2 amide bonds. The number of nitrogens with zero attached hydrogens (tertiary/aromatic N) is 1. The first-order valence-electron chi connectivity index (χ1n) is 6.97. The van der Waals surface area contributed by atoms with Crippen molar-refractivity contribution in [3.63, 3.8) is 0 Å². The Morgan fingerprint density at radius 2 is 2.15 bits per heavy atom. The van der Waals surface area contributed by atoms with E-state index >= 15 is 0 Å². The van der Waals surface area contributed by atoms with E-state index in [4.69, 9.17) is 0 Å². The molecule has 5 heteroatoms. The molecular weight excluding hydrogens is 320 g/mol. The summed E-state index contributed by atoms with van der Waals surface area (Å²) in [5.74, 6) is 0.184. The van der Waals surface area contributed by atoms with Crippen molar-refractivity contribution in [2.45, 2.75) is 25.8 Å². The third-order valence-corrected chi connectivity index (χ3v) is 4.67. The maximum Gasteiger partial charge on any atom is 0.242 e. The van der Waals surface area contributed by atoms with E-state index < -0.39 is 0 Å². The van der Waals surface area contributed by atoms with Crippen LogP contribution in [0.3, 0.4) is 0 Å². The Kier molecular flexibility index (Phi) is 3.78. The molecule has 0 radical (unpaired) electrons. The molecule has 1 aromatic rings. The van der Waals surface area contributed by atoms with E-state index in [-0.39, 0.29) is 24.3 Å². The average molecular weight is 337 g/mol. The normalized spacial score (nSPS) is 17.6. The van der Waals surface area contributed by atoms with E-state index in [0.717, 1.165) is 23.7 Å². The lowest BCUT2D eigenvalue weighted by Gasteiger charge is -2.29. The third kappa shape index (κ3) is 2.87. The lowest BCUT2D eigenvalue weighted by molar-refractivity contribution is -0.133. The second kappa shape index (κ2) is 5.56. The molecule has 1 fully saturated rings. The van der Waals surface area contributed by atoms with E-state index in [1.807, 2.05) is 17.0 Å². The largest absolute Gasteiger partial charge is 0.347 e. The monoisotopic (exact) mass is 336 g/mol. The number of rotatable bonds is 3. The van der Waals surface area contributed by atoms with Crippen LogP contribution in [0.25, 0.3) is 0 Å². The molecule has 1 saturated carbocycles. The highest BCUT2D eigenvalue weighted by atomic mass is 79.9. The Bertz CT molecular complexity index is 555. The summed E-state index contributed by atoms with van der Waals surface area (Å²) in [4.78, 5) is 25.5. The maximum atomic E-state index is 12.1. The highest BCUT2D eigenvalue weighted by molar-refractivity contribution is 9.10. The van der Waals surface area contributed by atoms with Crippen LogP contribution in [-0.2, 0) is 22.6 Å². The minimum atomic E-state index is 0.00428. The summed E-state index contributed by atoms with van der Waals surface area (Å²) in [5.41, 5.74) is 2.48. The van der Waals surface area contributed by atoms with Gasteiger partial charge in [0.1, 0.15) is 0 Å². The van der Waals surface area contributed by atoms with Crippen LogP contribution >= 0.6 is 15.9 Å².